The molecule has 0 heterocycles. The van der Waals surface area contributed by atoms with Crippen molar-refractivity contribution in [3.63, 3.8) is 0 Å². The minimum atomic E-state index is 0.577. The van der Waals surface area contributed by atoms with Crippen molar-refractivity contribution in [2.75, 3.05) is 7.05 Å². The Labute approximate surface area is 90.0 Å². The Morgan fingerprint density at radius 2 is 2.00 bits per heavy atom. The lowest BCUT2D eigenvalue weighted by molar-refractivity contribution is 0.568. The van der Waals surface area contributed by atoms with Crippen molar-refractivity contribution in [3.8, 4) is 0 Å². The van der Waals surface area contributed by atoms with Crippen molar-refractivity contribution in [1.82, 2.24) is 5.32 Å². The zero-order chi connectivity index (χ0) is 11.0. The Kier molecular flexibility index (Phi) is 7.87. The van der Waals surface area contributed by atoms with Gasteiger partial charge in [0.25, 0.3) is 0 Å². The highest BCUT2D eigenvalue weighted by Gasteiger charge is 2.03. The summed E-state index contributed by atoms with van der Waals surface area (Å²) in [5, 5.41) is 3.36. The fourth-order valence-electron chi connectivity index (χ4n) is 1.79. The largest absolute Gasteiger partial charge is 0.314 e. The van der Waals surface area contributed by atoms with E-state index in [2.05, 4.69) is 46.1 Å². The van der Waals surface area contributed by atoms with Crippen molar-refractivity contribution >= 4 is 0 Å². The van der Waals surface area contributed by atoms with Gasteiger partial charge in [0.2, 0.25) is 0 Å². The lowest BCUT2D eigenvalue weighted by Gasteiger charge is -2.13. The van der Waals surface area contributed by atoms with Crippen molar-refractivity contribution in [2.24, 2.45) is 5.92 Å². The number of allylic oxidation sites excluding steroid dienone is 1. The number of rotatable bonds is 7. The van der Waals surface area contributed by atoms with Crippen molar-refractivity contribution < 1.29 is 0 Å². The molecule has 0 radical (unpaired) electrons. The molecule has 0 aliphatic heterocycles. The predicted octanol–water partition coefficient (Wildman–Crippen LogP) is 3.76. The highest BCUT2D eigenvalue weighted by atomic mass is 14.9. The molecule has 0 fully saturated rings. The van der Waals surface area contributed by atoms with Gasteiger partial charge in [0.15, 0.2) is 0 Å². The van der Waals surface area contributed by atoms with Gasteiger partial charge >= 0.3 is 0 Å². The highest BCUT2D eigenvalue weighted by Crippen LogP contribution is 2.12. The monoisotopic (exact) mass is 197 g/mol. The first kappa shape index (κ1) is 13.7. The van der Waals surface area contributed by atoms with E-state index in [1.165, 1.54) is 31.3 Å². The van der Waals surface area contributed by atoms with Gasteiger partial charge < -0.3 is 5.32 Å². The summed E-state index contributed by atoms with van der Waals surface area (Å²) in [6.07, 6.45) is 7.49. The lowest BCUT2D eigenvalue weighted by atomic mass is 10.0. The average molecular weight is 197 g/mol. The standard InChI is InChI=1S/C13H27N/c1-6-7-8-13(14-5)10-12(4)9-11(2)3/h10-11,13-14H,6-9H2,1-5H3/b12-10+. The number of likely N-dealkylation sites (N-methyl/N-ethyl adjacent to an activating group) is 1. The van der Waals surface area contributed by atoms with Crippen LogP contribution >= 0.6 is 0 Å². The molecule has 1 nitrogen and oxygen atoms in total. The molecule has 84 valence electrons. The van der Waals surface area contributed by atoms with Crippen molar-refractivity contribution in [1.29, 1.82) is 0 Å². The molecule has 0 aliphatic rings. The van der Waals surface area contributed by atoms with Gasteiger partial charge in [0.1, 0.15) is 0 Å². The first-order chi connectivity index (χ1) is 6.60. The normalized spacial score (nSPS) is 14.9. The molecular weight excluding hydrogens is 170 g/mol. The second kappa shape index (κ2) is 8.05. The smallest absolute Gasteiger partial charge is 0.0249 e. The molecule has 0 aromatic rings. The van der Waals surface area contributed by atoms with Crippen LogP contribution in [0.2, 0.25) is 0 Å². The molecule has 1 atom stereocenters. The third kappa shape index (κ3) is 7.14. The maximum Gasteiger partial charge on any atom is 0.0249 e. The van der Waals surface area contributed by atoms with E-state index in [-0.39, 0.29) is 0 Å². The van der Waals surface area contributed by atoms with Crippen LogP contribution in [-0.2, 0) is 0 Å². The maximum absolute atomic E-state index is 3.36. The molecule has 0 aromatic heterocycles. The first-order valence-corrected chi connectivity index (χ1v) is 5.94. The molecule has 1 heteroatoms. The summed E-state index contributed by atoms with van der Waals surface area (Å²) in [7, 11) is 2.06. The van der Waals surface area contributed by atoms with Crippen LogP contribution in [0.15, 0.2) is 11.6 Å². The van der Waals surface area contributed by atoms with E-state index in [0.717, 1.165) is 5.92 Å². The van der Waals surface area contributed by atoms with Crippen LogP contribution in [0.4, 0.5) is 0 Å². The fourth-order valence-corrected chi connectivity index (χ4v) is 1.79. The molecule has 1 N–H and O–H groups in total. The van der Waals surface area contributed by atoms with Gasteiger partial charge in [-0.2, -0.15) is 0 Å². The van der Waals surface area contributed by atoms with Crippen LogP contribution in [0.1, 0.15) is 53.4 Å². The van der Waals surface area contributed by atoms with E-state index in [4.69, 9.17) is 0 Å². The van der Waals surface area contributed by atoms with Crippen LogP contribution in [0.3, 0.4) is 0 Å². The van der Waals surface area contributed by atoms with Gasteiger partial charge in [0, 0.05) is 6.04 Å². The summed E-state index contributed by atoms with van der Waals surface area (Å²) in [5.41, 5.74) is 1.52. The van der Waals surface area contributed by atoms with Crippen LogP contribution in [-0.4, -0.2) is 13.1 Å². The van der Waals surface area contributed by atoms with E-state index in [9.17, 15) is 0 Å². The molecule has 0 saturated heterocycles. The van der Waals surface area contributed by atoms with Crippen LogP contribution < -0.4 is 5.32 Å². The van der Waals surface area contributed by atoms with Crippen molar-refractivity contribution in [3.05, 3.63) is 11.6 Å². The summed E-state index contributed by atoms with van der Waals surface area (Å²) in [6, 6.07) is 0.577. The van der Waals surface area contributed by atoms with Crippen LogP contribution in [0, 0.1) is 5.92 Å². The molecule has 0 aliphatic carbocycles. The topological polar surface area (TPSA) is 12.0 Å². The van der Waals surface area contributed by atoms with E-state index < -0.39 is 0 Å². The Morgan fingerprint density at radius 1 is 1.36 bits per heavy atom. The molecule has 1 unspecified atom stereocenters. The number of unbranched alkanes of at least 4 members (excludes halogenated alkanes) is 1. The van der Waals surface area contributed by atoms with Gasteiger partial charge in [-0.25, -0.2) is 0 Å². The van der Waals surface area contributed by atoms with E-state index in [1.54, 1.807) is 0 Å². The third-order valence-electron chi connectivity index (χ3n) is 2.46. The third-order valence-corrected chi connectivity index (χ3v) is 2.46. The highest BCUT2D eigenvalue weighted by molar-refractivity contribution is 5.04. The predicted molar refractivity (Wildman–Crippen MR) is 65.6 cm³/mol. The summed E-state index contributed by atoms with van der Waals surface area (Å²) >= 11 is 0. The van der Waals surface area contributed by atoms with Crippen LogP contribution in [0.25, 0.3) is 0 Å². The summed E-state index contributed by atoms with van der Waals surface area (Å²) < 4.78 is 0. The minimum Gasteiger partial charge on any atom is -0.314 e. The Morgan fingerprint density at radius 3 is 2.43 bits per heavy atom. The lowest BCUT2D eigenvalue weighted by Crippen LogP contribution is -2.23. The first-order valence-electron chi connectivity index (χ1n) is 5.94. The molecule has 0 bridgehead atoms. The molecular formula is C13H27N. The van der Waals surface area contributed by atoms with E-state index >= 15 is 0 Å². The number of nitrogens with one attached hydrogen (secondary N) is 1. The second-order valence-corrected chi connectivity index (χ2v) is 4.65. The van der Waals surface area contributed by atoms with E-state index in [1.807, 2.05) is 0 Å². The maximum atomic E-state index is 3.36. The molecule has 0 amide bonds. The van der Waals surface area contributed by atoms with Gasteiger partial charge in [-0.15, -0.1) is 0 Å². The second-order valence-electron chi connectivity index (χ2n) is 4.65. The number of hydrogen-bond donors (Lipinski definition) is 1. The molecule has 0 spiro atoms. The fraction of sp³-hybridized carbons (Fsp3) is 0.846. The minimum absolute atomic E-state index is 0.577. The van der Waals surface area contributed by atoms with Crippen LogP contribution in [0.5, 0.6) is 0 Å². The molecule has 0 aromatic carbocycles. The van der Waals surface area contributed by atoms with E-state index in [0.29, 0.717) is 6.04 Å². The van der Waals surface area contributed by atoms with Gasteiger partial charge in [0.05, 0.1) is 0 Å². The van der Waals surface area contributed by atoms with Gasteiger partial charge in [-0.3, -0.25) is 0 Å². The Balaban J connectivity index is 3.98. The Hall–Kier alpha value is -0.300. The van der Waals surface area contributed by atoms with Crippen molar-refractivity contribution in [2.45, 2.75) is 59.4 Å². The average Bonchev–Trinajstić information content (AvgIpc) is 2.10. The molecule has 0 rings (SSSR count). The van der Waals surface area contributed by atoms with Gasteiger partial charge in [-0.05, 0) is 32.7 Å². The van der Waals surface area contributed by atoms with Gasteiger partial charge in [-0.1, -0.05) is 45.3 Å². The SMILES string of the molecule is CCCCC(/C=C(\C)CC(C)C)NC. The quantitative estimate of drug-likeness (QED) is 0.613. The number of hydrogen-bond acceptors (Lipinski definition) is 1. The molecule has 14 heavy (non-hydrogen) atoms. The summed E-state index contributed by atoms with van der Waals surface area (Å²) in [4.78, 5) is 0. The summed E-state index contributed by atoms with van der Waals surface area (Å²) in [6.45, 7) is 9.04. The zero-order valence-corrected chi connectivity index (χ0v) is 10.6. The summed E-state index contributed by atoms with van der Waals surface area (Å²) in [5.74, 6) is 0.773. The zero-order valence-electron chi connectivity index (χ0n) is 10.6. The Bertz CT molecular complexity index is 159. The molecule has 0 saturated carbocycles.